The van der Waals surface area contributed by atoms with Gasteiger partial charge in [-0.1, -0.05) is 0 Å². The standard InChI is InChI=1S/C7H17NO4S/c1-7(2,6-10)8(4-5-9)13(3,11)12/h9-10H,4-6H2,1-3H3. The van der Waals surface area contributed by atoms with Crippen LogP contribution in [0.4, 0.5) is 0 Å². The Morgan fingerprint density at radius 3 is 2.00 bits per heavy atom. The topological polar surface area (TPSA) is 77.8 Å². The van der Waals surface area contributed by atoms with E-state index < -0.39 is 15.6 Å². The summed E-state index contributed by atoms with van der Waals surface area (Å²) in [6.07, 6.45) is 1.06. The lowest BCUT2D eigenvalue weighted by Gasteiger charge is -2.34. The zero-order chi connectivity index (χ0) is 10.7. The van der Waals surface area contributed by atoms with Crippen molar-refractivity contribution in [3.05, 3.63) is 0 Å². The van der Waals surface area contributed by atoms with Gasteiger partial charge in [-0.3, -0.25) is 0 Å². The van der Waals surface area contributed by atoms with Gasteiger partial charge in [-0.05, 0) is 13.8 Å². The van der Waals surface area contributed by atoms with Crippen LogP contribution >= 0.6 is 0 Å². The van der Waals surface area contributed by atoms with Gasteiger partial charge < -0.3 is 10.2 Å². The second-order valence-electron chi connectivity index (χ2n) is 3.53. The number of sulfonamides is 1. The van der Waals surface area contributed by atoms with Gasteiger partial charge in [0.05, 0.1) is 25.0 Å². The Hall–Kier alpha value is -0.170. The van der Waals surface area contributed by atoms with Crippen molar-refractivity contribution in [1.82, 2.24) is 4.31 Å². The number of aliphatic hydroxyl groups is 2. The maximum Gasteiger partial charge on any atom is 0.211 e. The summed E-state index contributed by atoms with van der Waals surface area (Å²) in [5.41, 5.74) is -0.865. The molecule has 6 heteroatoms. The van der Waals surface area contributed by atoms with Crippen LogP contribution in [0.15, 0.2) is 0 Å². The third-order valence-corrected chi connectivity index (χ3v) is 3.24. The highest BCUT2D eigenvalue weighted by Gasteiger charge is 2.32. The van der Waals surface area contributed by atoms with E-state index in [4.69, 9.17) is 10.2 Å². The Bertz CT molecular complexity index is 247. The first-order valence-corrected chi connectivity index (χ1v) is 5.80. The minimum absolute atomic E-state index is 0.00634. The van der Waals surface area contributed by atoms with Gasteiger partial charge >= 0.3 is 0 Å². The van der Waals surface area contributed by atoms with Crippen molar-refractivity contribution >= 4 is 10.0 Å². The highest BCUT2D eigenvalue weighted by molar-refractivity contribution is 7.88. The number of rotatable bonds is 5. The molecule has 0 fully saturated rings. The van der Waals surface area contributed by atoms with Crippen LogP contribution in [0.5, 0.6) is 0 Å². The molecule has 0 aliphatic heterocycles. The Kier molecular flexibility index (Phi) is 4.31. The van der Waals surface area contributed by atoms with Crippen molar-refractivity contribution in [3.8, 4) is 0 Å². The monoisotopic (exact) mass is 211 g/mol. The molecule has 80 valence electrons. The van der Waals surface area contributed by atoms with Gasteiger partial charge in [0.2, 0.25) is 10.0 Å². The van der Waals surface area contributed by atoms with Gasteiger partial charge in [-0.15, -0.1) is 0 Å². The van der Waals surface area contributed by atoms with Crippen LogP contribution in [0.25, 0.3) is 0 Å². The lowest BCUT2D eigenvalue weighted by Crippen LogP contribution is -2.50. The molecule has 5 nitrogen and oxygen atoms in total. The van der Waals surface area contributed by atoms with E-state index in [9.17, 15) is 8.42 Å². The fraction of sp³-hybridized carbons (Fsp3) is 1.00. The molecule has 0 saturated carbocycles. The predicted molar refractivity (Wildman–Crippen MR) is 49.8 cm³/mol. The quantitative estimate of drug-likeness (QED) is 0.612. The molecule has 2 N–H and O–H groups in total. The van der Waals surface area contributed by atoms with Gasteiger partial charge in [-0.25, -0.2) is 8.42 Å². The summed E-state index contributed by atoms with van der Waals surface area (Å²) in [4.78, 5) is 0. The average molecular weight is 211 g/mol. The molecule has 0 aliphatic carbocycles. The smallest absolute Gasteiger partial charge is 0.211 e. The van der Waals surface area contributed by atoms with Crippen molar-refractivity contribution in [2.75, 3.05) is 26.0 Å². The SMILES string of the molecule is CC(C)(CO)N(CCO)S(C)(=O)=O. The van der Waals surface area contributed by atoms with Gasteiger partial charge in [0.1, 0.15) is 0 Å². The van der Waals surface area contributed by atoms with Crippen LogP contribution in [0.1, 0.15) is 13.8 Å². The number of hydrogen-bond acceptors (Lipinski definition) is 4. The third-order valence-electron chi connectivity index (χ3n) is 1.77. The minimum Gasteiger partial charge on any atom is -0.395 e. The van der Waals surface area contributed by atoms with E-state index in [1.54, 1.807) is 13.8 Å². The first-order chi connectivity index (χ1) is 5.75. The zero-order valence-electron chi connectivity index (χ0n) is 8.19. The molecule has 0 rings (SSSR count). The number of aliphatic hydroxyl groups excluding tert-OH is 2. The Morgan fingerprint density at radius 1 is 1.31 bits per heavy atom. The first kappa shape index (κ1) is 12.8. The minimum atomic E-state index is -3.38. The molecule has 0 saturated heterocycles. The fourth-order valence-corrected chi connectivity index (χ4v) is 2.46. The Morgan fingerprint density at radius 2 is 1.77 bits per heavy atom. The summed E-state index contributed by atoms with van der Waals surface area (Å²) in [5.74, 6) is 0. The molecule has 0 aromatic heterocycles. The van der Waals surface area contributed by atoms with Crippen LogP contribution in [0.2, 0.25) is 0 Å². The summed E-state index contributed by atoms with van der Waals surface area (Å²) < 4.78 is 23.5. The third kappa shape index (κ3) is 3.60. The maximum atomic E-state index is 11.2. The van der Waals surface area contributed by atoms with Crippen LogP contribution in [0, 0.1) is 0 Å². The van der Waals surface area contributed by atoms with E-state index in [0.717, 1.165) is 10.6 Å². The van der Waals surface area contributed by atoms with Crippen LogP contribution in [-0.2, 0) is 10.0 Å². The molecule has 0 heterocycles. The Balaban J connectivity index is 4.82. The van der Waals surface area contributed by atoms with Crippen molar-refractivity contribution in [1.29, 1.82) is 0 Å². The van der Waals surface area contributed by atoms with E-state index in [1.165, 1.54) is 0 Å². The largest absolute Gasteiger partial charge is 0.395 e. The molecular weight excluding hydrogens is 194 g/mol. The average Bonchev–Trinajstić information content (AvgIpc) is 1.98. The highest BCUT2D eigenvalue weighted by Crippen LogP contribution is 2.16. The van der Waals surface area contributed by atoms with Crippen molar-refractivity contribution in [3.63, 3.8) is 0 Å². The van der Waals surface area contributed by atoms with E-state index in [0.29, 0.717) is 0 Å². The van der Waals surface area contributed by atoms with Gasteiger partial charge in [0, 0.05) is 6.54 Å². The second kappa shape index (κ2) is 4.36. The molecule has 13 heavy (non-hydrogen) atoms. The van der Waals surface area contributed by atoms with Crippen molar-refractivity contribution in [2.45, 2.75) is 19.4 Å². The molecule has 0 spiro atoms. The maximum absolute atomic E-state index is 11.2. The van der Waals surface area contributed by atoms with E-state index >= 15 is 0 Å². The first-order valence-electron chi connectivity index (χ1n) is 3.95. The number of hydrogen-bond donors (Lipinski definition) is 2. The lowest BCUT2D eigenvalue weighted by atomic mass is 10.1. The second-order valence-corrected chi connectivity index (χ2v) is 5.44. The lowest BCUT2D eigenvalue weighted by molar-refractivity contribution is 0.107. The predicted octanol–water partition coefficient (Wildman–Crippen LogP) is -0.989. The van der Waals surface area contributed by atoms with E-state index in [-0.39, 0.29) is 19.8 Å². The normalized spacial score (nSPS) is 13.7. The summed E-state index contributed by atoms with van der Waals surface area (Å²) in [7, 11) is -3.38. The fourth-order valence-electron chi connectivity index (χ4n) is 1.09. The summed E-state index contributed by atoms with van der Waals surface area (Å²) >= 11 is 0. The van der Waals surface area contributed by atoms with Crippen molar-refractivity contribution < 1.29 is 18.6 Å². The molecule has 0 amide bonds. The van der Waals surface area contributed by atoms with Crippen LogP contribution in [0.3, 0.4) is 0 Å². The van der Waals surface area contributed by atoms with Crippen LogP contribution in [-0.4, -0.2) is 54.5 Å². The molecule has 0 aromatic carbocycles. The van der Waals surface area contributed by atoms with Gasteiger partial charge in [0.15, 0.2) is 0 Å². The number of β-amino-alcohol motifs (C(OH)–C–C–N with tert-alkyl or cyclic N) is 1. The molecular formula is C7H17NO4S. The molecule has 0 aliphatic rings. The highest BCUT2D eigenvalue weighted by atomic mass is 32.2. The summed E-state index contributed by atoms with van der Waals surface area (Å²) in [6, 6.07) is 0. The van der Waals surface area contributed by atoms with E-state index in [1.807, 2.05) is 0 Å². The zero-order valence-corrected chi connectivity index (χ0v) is 9.00. The summed E-state index contributed by atoms with van der Waals surface area (Å²) in [5, 5.41) is 17.6. The molecule has 0 unspecified atom stereocenters. The van der Waals surface area contributed by atoms with Gasteiger partial charge in [-0.2, -0.15) is 4.31 Å². The summed E-state index contributed by atoms with van der Waals surface area (Å²) in [6.45, 7) is 2.68. The van der Waals surface area contributed by atoms with Crippen LogP contribution < -0.4 is 0 Å². The van der Waals surface area contributed by atoms with Gasteiger partial charge in [0.25, 0.3) is 0 Å². The molecule has 0 radical (unpaired) electrons. The molecule has 0 aromatic rings. The Labute approximate surface area is 79.0 Å². The molecule has 0 bridgehead atoms. The number of nitrogens with zero attached hydrogens (tertiary/aromatic N) is 1. The molecule has 0 atom stereocenters. The van der Waals surface area contributed by atoms with E-state index in [2.05, 4.69) is 0 Å². The van der Waals surface area contributed by atoms with Crippen molar-refractivity contribution in [2.24, 2.45) is 0 Å².